The van der Waals surface area contributed by atoms with E-state index in [4.69, 9.17) is 4.74 Å². The number of benzene rings is 3. The van der Waals surface area contributed by atoms with E-state index >= 15 is 4.39 Å². The first-order chi connectivity index (χ1) is 18.7. The summed E-state index contributed by atoms with van der Waals surface area (Å²) in [6, 6.07) is 21.1. The van der Waals surface area contributed by atoms with E-state index in [-0.39, 0.29) is 31.4 Å². The molecular weight excluding hydrogens is 499 g/mol. The van der Waals surface area contributed by atoms with Crippen molar-refractivity contribution < 1.29 is 28.9 Å². The summed E-state index contributed by atoms with van der Waals surface area (Å²) in [5.41, 5.74) is 3.78. The second-order valence-corrected chi connectivity index (χ2v) is 8.97. The highest BCUT2D eigenvalue weighted by Gasteiger charge is 2.17. The molecule has 3 aromatic carbocycles. The van der Waals surface area contributed by atoms with Gasteiger partial charge in [0.2, 0.25) is 5.91 Å². The molecule has 0 saturated heterocycles. The molecule has 0 aromatic heterocycles. The summed E-state index contributed by atoms with van der Waals surface area (Å²) in [5.74, 6) is -0.365. The molecule has 0 aliphatic carbocycles. The van der Waals surface area contributed by atoms with Crippen LogP contribution in [0, 0.1) is 5.82 Å². The van der Waals surface area contributed by atoms with E-state index in [1.807, 2.05) is 49.4 Å². The number of hydrogen-bond donors (Lipinski definition) is 2. The Hall–Kier alpha value is -4.59. The first-order valence-corrected chi connectivity index (χ1v) is 12.6. The van der Waals surface area contributed by atoms with E-state index in [1.54, 1.807) is 32.3 Å². The van der Waals surface area contributed by atoms with Crippen LogP contribution in [-0.2, 0) is 4.79 Å². The van der Waals surface area contributed by atoms with Gasteiger partial charge in [0.1, 0.15) is 23.9 Å². The predicted molar refractivity (Wildman–Crippen MR) is 150 cm³/mol. The van der Waals surface area contributed by atoms with Gasteiger partial charge >= 0.3 is 6.09 Å². The van der Waals surface area contributed by atoms with Gasteiger partial charge in [0.05, 0.1) is 6.54 Å². The summed E-state index contributed by atoms with van der Waals surface area (Å²) in [5, 5.41) is 19.2. The Kier molecular flexibility index (Phi) is 10.3. The SMILES string of the molecule is CCC(=C(c1ccc(OCCN(C/C=C/C(=O)N(C)C)C(=O)O)cc1)c1ccc(O)cc1F)c1ccccc1. The maximum Gasteiger partial charge on any atom is 0.407 e. The molecule has 0 heterocycles. The molecule has 7 nitrogen and oxygen atoms in total. The van der Waals surface area contributed by atoms with Crippen molar-refractivity contribution in [1.29, 1.82) is 0 Å². The standard InChI is InChI=1S/C31H33FN2O5/c1-4-26(22-9-6-5-7-10-22)30(27-17-14-24(35)21-28(27)32)23-12-15-25(16-13-23)39-20-19-34(31(37)38)18-8-11-29(36)33(2)3/h5-17,21,35H,4,18-20H2,1-3H3,(H,37,38)/b11-8+,30-26?. The third-order valence-electron chi connectivity index (χ3n) is 6.07. The fourth-order valence-corrected chi connectivity index (χ4v) is 4.05. The zero-order chi connectivity index (χ0) is 28.4. The summed E-state index contributed by atoms with van der Waals surface area (Å²) >= 11 is 0. The van der Waals surface area contributed by atoms with Crippen LogP contribution in [0.1, 0.15) is 30.0 Å². The minimum Gasteiger partial charge on any atom is -0.508 e. The predicted octanol–water partition coefficient (Wildman–Crippen LogP) is 5.90. The molecule has 0 radical (unpaired) electrons. The van der Waals surface area contributed by atoms with Gasteiger partial charge in [0.25, 0.3) is 0 Å². The van der Waals surface area contributed by atoms with Crippen molar-refractivity contribution in [2.24, 2.45) is 0 Å². The van der Waals surface area contributed by atoms with Gasteiger partial charge in [-0.3, -0.25) is 4.79 Å². The zero-order valence-corrected chi connectivity index (χ0v) is 22.3. The molecule has 2 N–H and O–H groups in total. The molecule has 3 aromatic rings. The minimum absolute atomic E-state index is 0.0584. The molecule has 0 aliphatic heterocycles. The number of carbonyl (C=O) groups is 2. The second kappa shape index (κ2) is 13.8. The summed E-state index contributed by atoms with van der Waals surface area (Å²) in [4.78, 5) is 25.7. The van der Waals surface area contributed by atoms with E-state index < -0.39 is 11.9 Å². The number of carbonyl (C=O) groups excluding carboxylic acids is 1. The number of likely N-dealkylation sites (N-methyl/N-ethyl adjacent to an activating group) is 1. The summed E-state index contributed by atoms with van der Waals surface area (Å²) in [6.45, 7) is 2.29. The Morgan fingerprint density at radius 1 is 0.974 bits per heavy atom. The van der Waals surface area contributed by atoms with Gasteiger partial charge in [-0.05, 0) is 53.0 Å². The summed E-state index contributed by atoms with van der Waals surface area (Å²) in [7, 11) is 3.23. The number of amides is 2. The first-order valence-electron chi connectivity index (χ1n) is 12.6. The molecule has 3 rings (SSSR count). The molecule has 0 fully saturated rings. The van der Waals surface area contributed by atoms with E-state index in [0.717, 1.165) is 27.7 Å². The average Bonchev–Trinajstić information content (AvgIpc) is 2.92. The van der Waals surface area contributed by atoms with E-state index in [9.17, 15) is 19.8 Å². The molecule has 8 heteroatoms. The van der Waals surface area contributed by atoms with Crippen molar-refractivity contribution in [1.82, 2.24) is 9.80 Å². The third kappa shape index (κ3) is 7.95. The normalized spacial score (nSPS) is 11.7. The van der Waals surface area contributed by atoms with Crippen LogP contribution in [0.3, 0.4) is 0 Å². The second-order valence-electron chi connectivity index (χ2n) is 8.97. The number of hydrogen-bond acceptors (Lipinski definition) is 4. The average molecular weight is 533 g/mol. The van der Waals surface area contributed by atoms with Crippen LogP contribution in [-0.4, -0.2) is 65.8 Å². The Morgan fingerprint density at radius 2 is 1.67 bits per heavy atom. The van der Waals surface area contributed by atoms with Gasteiger partial charge in [0.15, 0.2) is 0 Å². The maximum atomic E-state index is 15.1. The highest BCUT2D eigenvalue weighted by atomic mass is 19.1. The van der Waals surface area contributed by atoms with Gasteiger partial charge in [-0.2, -0.15) is 0 Å². The molecule has 0 saturated carbocycles. The number of halogens is 1. The number of rotatable bonds is 11. The highest BCUT2D eigenvalue weighted by molar-refractivity contribution is 5.98. The Bertz CT molecular complexity index is 1330. The molecule has 204 valence electrons. The topological polar surface area (TPSA) is 90.3 Å². The number of carboxylic acid groups (broad SMARTS) is 1. The number of phenolic OH excluding ortho intramolecular Hbond substituents is 1. The highest BCUT2D eigenvalue weighted by Crippen LogP contribution is 2.36. The first kappa shape index (κ1) is 29.0. The number of nitrogens with zero attached hydrogens (tertiary/aromatic N) is 2. The van der Waals surface area contributed by atoms with Crippen LogP contribution in [0.5, 0.6) is 11.5 Å². The number of allylic oxidation sites excluding steroid dienone is 1. The number of ether oxygens (including phenoxy) is 1. The van der Waals surface area contributed by atoms with Gasteiger partial charge < -0.3 is 24.7 Å². The minimum atomic E-state index is -1.12. The molecule has 0 aliphatic rings. The van der Waals surface area contributed by atoms with Crippen LogP contribution in [0.15, 0.2) is 84.9 Å². The van der Waals surface area contributed by atoms with Crippen molar-refractivity contribution in [3.05, 3.63) is 107 Å². The van der Waals surface area contributed by atoms with Gasteiger partial charge in [-0.1, -0.05) is 55.5 Å². The monoisotopic (exact) mass is 532 g/mol. The fourth-order valence-electron chi connectivity index (χ4n) is 4.05. The fraction of sp³-hybridized carbons (Fsp3) is 0.226. The van der Waals surface area contributed by atoms with Crippen molar-refractivity contribution >= 4 is 23.1 Å². The van der Waals surface area contributed by atoms with E-state index in [0.29, 0.717) is 23.3 Å². The molecule has 0 unspecified atom stereocenters. The molecule has 0 atom stereocenters. The lowest BCUT2D eigenvalue weighted by molar-refractivity contribution is -0.123. The maximum absolute atomic E-state index is 15.1. The van der Waals surface area contributed by atoms with Gasteiger partial charge in [0, 0.05) is 38.3 Å². The molecule has 39 heavy (non-hydrogen) atoms. The van der Waals surface area contributed by atoms with Crippen molar-refractivity contribution in [2.75, 3.05) is 33.8 Å². The van der Waals surface area contributed by atoms with Gasteiger partial charge in [-0.25, -0.2) is 9.18 Å². The molecule has 0 spiro atoms. The van der Waals surface area contributed by atoms with Crippen molar-refractivity contribution in [2.45, 2.75) is 13.3 Å². The lowest BCUT2D eigenvalue weighted by Gasteiger charge is -2.19. The third-order valence-corrected chi connectivity index (χ3v) is 6.07. The summed E-state index contributed by atoms with van der Waals surface area (Å²) < 4.78 is 20.8. The van der Waals surface area contributed by atoms with Gasteiger partial charge in [-0.15, -0.1) is 0 Å². The Labute approximate surface area is 228 Å². The number of phenols is 1. The zero-order valence-electron chi connectivity index (χ0n) is 22.3. The van der Waals surface area contributed by atoms with E-state index in [2.05, 4.69) is 0 Å². The van der Waals surface area contributed by atoms with Crippen LogP contribution in [0.2, 0.25) is 0 Å². The van der Waals surface area contributed by atoms with Crippen LogP contribution >= 0.6 is 0 Å². The lowest BCUT2D eigenvalue weighted by Crippen LogP contribution is -2.33. The Morgan fingerprint density at radius 3 is 2.26 bits per heavy atom. The van der Waals surface area contributed by atoms with Crippen molar-refractivity contribution in [3.63, 3.8) is 0 Å². The largest absolute Gasteiger partial charge is 0.508 e. The number of aromatic hydroxyl groups is 1. The van der Waals surface area contributed by atoms with E-state index in [1.165, 1.54) is 23.1 Å². The quantitative estimate of drug-likeness (QED) is 0.237. The van der Waals surface area contributed by atoms with Crippen LogP contribution in [0.25, 0.3) is 11.1 Å². The molecular formula is C31H33FN2O5. The lowest BCUT2D eigenvalue weighted by atomic mass is 9.88. The van der Waals surface area contributed by atoms with Crippen LogP contribution < -0.4 is 4.74 Å². The Balaban J connectivity index is 1.81. The molecule has 0 bridgehead atoms. The molecule has 2 amide bonds. The van der Waals surface area contributed by atoms with Crippen LogP contribution in [0.4, 0.5) is 9.18 Å². The summed E-state index contributed by atoms with van der Waals surface area (Å²) in [6.07, 6.45) is 2.36. The van der Waals surface area contributed by atoms with Crippen molar-refractivity contribution in [3.8, 4) is 11.5 Å². The smallest absolute Gasteiger partial charge is 0.407 e.